The van der Waals surface area contributed by atoms with Crippen LogP contribution in [-0.4, -0.2) is 49.6 Å². The van der Waals surface area contributed by atoms with Gasteiger partial charge in [-0.15, -0.1) is 0 Å². The van der Waals surface area contributed by atoms with Gasteiger partial charge in [0.1, 0.15) is 18.1 Å². The van der Waals surface area contributed by atoms with E-state index in [2.05, 4.69) is 33.1 Å². The van der Waals surface area contributed by atoms with Crippen LogP contribution in [0.2, 0.25) is 0 Å². The molecule has 4 rings (SSSR count). The molecule has 1 amide bonds. The van der Waals surface area contributed by atoms with Crippen molar-refractivity contribution in [2.75, 3.05) is 49.7 Å². The highest BCUT2D eigenvalue weighted by atomic mass is 16.5. The van der Waals surface area contributed by atoms with Crippen LogP contribution in [0.3, 0.4) is 0 Å². The Labute approximate surface area is 248 Å². The molecule has 9 heteroatoms. The zero-order valence-corrected chi connectivity index (χ0v) is 25.2. The summed E-state index contributed by atoms with van der Waals surface area (Å²) in [4.78, 5) is 19.1. The van der Waals surface area contributed by atoms with Gasteiger partial charge in [0.05, 0.1) is 36.0 Å². The minimum absolute atomic E-state index is 0.245. The van der Waals surface area contributed by atoms with Gasteiger partial charge in [0.25, 0.3) is 0 Å². The lowest BCUT2D eigenvalue weighted by Crippen LogP contribution is -2.32. The first-order valence-corrected chi connectivity index (χ1v) is 14.2. The number of aryl methyl sites for hydroxylation is 3. The quantitative estimate of drug-likeness (QED) is 0.251. The molecule has 0 radical (unpaired) electrons. The summed E-state index contributed by atoms with van der Waals surface area (Å²) in [5.41, 5.74) is 7.18. The van der Waals surface area contributed by atoms with Crippen LogP contribution in [0.5, 0.6) is 11.5 Å². The van der Waals surface area contributed by atoms with Gasteiger partial charge in [-0.25, -0.2) is 0 Å². The molecule has 0 fully saturated rings. The molecule has 2 atom stereocenters. The van der Waals surface area contributed by atoms with Gasteiger partial charge < -0.3 is 30.3 Å². The Bertz CT molecular complexity index is 1490. The molecule has 0 bridgehead atoms. The molecule has 0 aliphatic carbocycles. The van der Waals surface area contributed by atoms with E-state index in [1.807, 2.05) is 83.1 Å². The molecule has 9 nitrogen and oxygen atoms in total. The van der Waals surface area contributed by atoms with Crippen LogP contribution in [0, 0.1) is 38.0 Å². The van der Waals surface area contributed by atoms with Crippen LogP contribution in [0.15, 0.2) is 54.7 Å². The van der Waals surface area contributed by atoms with E-state index in [4.69, 9.17) is 9.47 Å². The number of ether oxygens (including phenoxy) is 2. The highest BCUT2D eigenvalue weighted by Gasteiger charge is 2.31. The Morgan fingerprint density at radius 3 is 2.64 bits per heavy atom. The smallest absolute Gasteiger partial charge is 0.248 e. The molecule has 2 aromatic carbocycles. The maximum Gasteiger partial charge on any atom is 0.248 e. The lowest BCUT2D eigenvalue weighted by Gasteiger charge is -2.33. The maximum atomic E-state index is 12.7. The monoisotopic (exact) mass is 568 g/mol. The van der Waals surface area contributed by atoms with E-state index in [-0.39, 0.29) is 17.9 Å². The van der Waals surface area contributed by atoms with E-state index in [1.54, 1.807) is 6.20 Å². The molecule has 42 heavy (non-hydrogen) atoms. The van der Waals surface area contributed by atoms with Crippen molar-refractivity contribution >= 4 is 23.0 Å². The number of benzene rings is 2. The Balaban J connectivity index is 1.61. The van der Waals surface area contributed by atoms with Crippen molar-refractivity contribution in [3.63, 3.8) is 0 Å². The topological polar surface area (TPSA) is 112 Å². The number of hydrogen-bond acceptors (Lipinski definition) is 8. The van der Waals surface area contributed by atoms with E-state index in [0.29, 0.717) is 37.7 Å². The summed E-state index contributed by atoms with van der Waals surface area (Å²) >= 11 is 0. The molecule has 0 saturated heterocycles. The number of nitrogens with one attached hydrogen (secondary N) is 3. The number of anilines is 3. The van der Waals surface area contributed by atoms with Crippen molar-refractivity contribution in [2.45, 2.75) is 40.3 Å². The second-order valence-corrected chi connectivity index (χ2v) is 10.7. The number of hydrogen-bond donors (Lipinski definition) is 3. The number of rotatable bonds is 11. The van der Waals surface area contributed by atoms with Crippen molar-refractivity contribution in [1.29, 1.82) is 5.26 Å². The largest absolute Gasteiger partial charge is 0.492 e. The molecule has 1 aliphatic rings. The Morgan fingerprint density at radius 2 is 1.93 bits per heavy atom. The Kier molecular flexibility index (Phi) is 10.0. The lowest BCUT2D eigenvalue weighted by molar-refractivity contribution is -0.111. The van der Waals surface area contributed by atoms with E-state index < -0.39 is 0 Å². The molecule has 220 valence electrons. The summed E-state index contributed by atoms with van der Waals surface area (Å²) in [7, 11) is 3.88. The number of likely N-dealkylation sites (N-methyl/N-ethyl adjacent to an activating group) is 1. The summed E-state index contributed by atoms with van der Waals surface area (Å²) in [6.07, 6.45) is 5.10. The van der Waals surface area contributed by atoms with E-state index in [0.717, 1.165) is 45.1 Å². The SMILES string of the molecule is CCOc1cc2c(cc1NC(=O)/C=C/CN(C)C)C(Nc1cc(C)c(OCc3ncccc3C)cc1C)C(C#N)CN2. The number of amides is 1. The minimum Gasteiger partial charge on any atom is -0.492 e. The summed E-state index contributed by atoms with van der Waals surface area (Å²) < 4.78 is 12.0. The summed E-state index contributed by atoms with van der Waals surface area (Å²) in [5.74, 6) is 0.774. The summed E-state index contributed by atoms with van der Waals surface area (Å²) in [5, 5.41) is 20.0. The van der Waals surface area contributed by atoms with Crippen LogP contribution in [0.25, 0.3) is 0 Å². The molecule has 0 spiro atoms. The molecular formula is C33H40N6O3. The van der Waals surface area contributed by atoms with E-state index >= 15 is 0 Å². The standard InChI is InChI=1S/C33H40N6O3/c1-7-41-31-17-27-25(16-28(31)37-32(40)11-9-13-39(5)6)33(24(18-34)19-36-27)38-26-14-23(4)30(15-22(26)3)42-20-29-21(2)10-8-12-35-29/h8-12,14-17,24,33,36,38H,7,13,19-20H2,1-6H3,(H,37,40)/b11-9+. The van der Waals surface area contributed by atoms with Gasteiger partial charge in [-0.05, 0) is 82.7 Å². The average molecular weight is 569 g/mol. The molecule has 2 unspecified atom stereocenters. The molecular weight excluding hydrogens is 528 g/mol. The second kappa shape index (κ2) is 13.9. The van der Waals surface area contributed by atoms with Gasteiger partial charge >= 0.3 is 0 Å². The molecule has 1 aliphatic heterocycles. The Hall–Kier alpha value is -4.55. The van der Waals surface area contributed by atoms with Gasteiger partial charge in [0, 0.05) is 48.4 Å². The first kappa shape index (κ1) is 30.4. The third-order valence-electron chi connectivity index (χ3n) is 7.18. The normalized spacial score (nSPS) is 16.0. The van der Waals surface area contributed by atoms with Crippen LogP contribution >= 0.6 is 0 Å². The first-order valence-electron chi connectivity index (χ1n) is 14.2. The van der Waals surface area contributed by atoms with Crippen LogP contribution in [-0.2, 0) is 11.4 Å². The van der Waals surface area contributed by atoms with Gasteiger partial charge in [0.15, 0.2) is 0 Å². The average Bonchev–Trinajstić information content (AvgIpc) is 2.95. The fourth-order valence-electron chi connectivity index (χ4n) is 4.86. The number of carbonyl (C=O) groups is 1. The van der Waals surface area contributed by atoms with Gasteiger partial charge in [-0.1, -0.05) is 12.1 Å². The van der Waals surface area contributed by atoms with Gasteiger partial charge in [0.2, 0.25) is 5.91 Å². The second-order valence-electron chi connectivity index (χ2n) is 10.7. The van der Waals surface area contributed by atoms with Crippen molar-refractivity contribution in [3.05, 3.63) is 82.7 Å². The van der Waals surface area contributed by atoms with Gasteiger partial charge in [-0.3, -0.25) is 9.78 Å². The van der Waals surface area contributed by atoms with Crippen LogP contribution in [0.4, 0.5) is 17.1 Å². The van der Waals surface area contributed by atoms with Crippen molar-refractivity contribution in [2.24, 2.45) is 5.92 Å². The fraction of sp³-hybridized carbons (Fsp3) is 0.364. The summed E-state index contributed by atoms with van der Waals surface area (Å²) in [6.45, 7) is 9.93. The third-order valence-corrected chi connectivity index (χ3v) is 7.18. The molecule has 2 heterocycles. The van der Waals surface area contributed by atoms with Crippen LogP contribution in [0.1, 0.15) is 40.9 Å². The zero-order valence-electron chi connectivity index (χ0n) is 25.2. The van der Waals surface area contributed by atoms with Gasteiger partial charge in [-0.2, -0.15) is 5.26 Å². The lowest BCUT2D eigenvalue weighted by atomic mass is 9.88. The Morgan fingerprint density at radius 1 is 1.12 bits per heavy atom. The number of aromatic nitrogens is 1. The van der Waals surface area contributed by atoms with E-state index in [9.17, 15) is 10.1 Å². The number of nitrogens with zero attached hydrogens (tertiary/aromatic N) is 3. The number of carbonyl (C=O) groups excluding carboxylic acids is 1. The number of pyridine rings is 1. The molecule has 3 aromatic rings. The first-order chi connectivity index (χ1) is 20.2. The molecule has 3 N–H and O–H groups in total. The maximum absolute atomic E-state index is 12.7. The highest BCUT2D eigenvalue weighted by Crippen LogP contribution is 2.42. The predicted octanol–water partition coefficient (Wildman–Crippen LogP) is 5.76. The van der Waals surface area contributed by atoms with E-state index in [1.165, 1.54) is 6.08 Å². The van der Waals surface area contributed by atoms with Crippen molar-refractivity contribution in [1.82, 2.24) is 9.88 Å². The third kappa shape index (κ3) is 7.39. The zero-order chi connectivity index (χ0) is 30.2. The van der Waals surface area contributed by atoms with Crippen molar-refractivity contribution < 1.29 is 14.3 Å². The number of fused-ring (bicyclic) bond motifs is 1. The molecule has 0 saturated carbocycles. The predicted molar refractivity (Wildman–Crippen MR) is 167 cm³/mol. The molecule has 1 aromatic heterocycles. The highest BCUT2D eigenvalue weighted by molar-refractivity contribution is 6.00. The fourth-order valence-corrected chi connectivity index (χ4v) is 4.86. The minimum atomic E-state index is -0.346. The number of nitriles is 1. The van der Waals surface area contributed by atoms with Crippen molar-refractivity contribution in [3.8, 4) is 17.6 Å². The summed E-state index contributed by atoms with van der Waals surface area (Å²) in [6, 6.07) is 13.9. The van der Waals surface area contributed by atoms with Crippen LogP contribution < -0.4 is 25.4 Å².